The maximum atomic E-state index is 12.7. The normalized spacial score (nSPS) is 15.9. The molecule has 0 amide bonds. The Bertz CT molecular complexity index is 596. The summed E-state index contributed by atoms with van der Waals surface area (Å²) < 4.78 is 31.5. The van der Waals surface area contributed by atoms with Gasteiger partial charge >= 0.3 is 5.97 Å². The highest BCUT2D eigenvalue weighted by atomic mass is 32.2. The molecule has 1 aliphatic rings. The molecule has 0 saturated carbocycles. The maximum Gasteiger partial charge on any atom is 0.339 e. The van der Waals surface area contributed by atoms with E-state index in [1.165, 1.54) is 23.5 Å². The summed E-state index contributed by atoms with van der Waals surface area (Å²) in [5.74, 6) is -0.646. The molecular formula is C13H18N2O4S. The second-order valence-electron chi connectivity index (χ2n) is 4.51. The fourth-order valence-corrected chi connectivity index (χ4v) is 4.01. The largest absolute Gasteiger partial charge is 0.465 e. The minimum Gasteiger partial charge on any atom is -0.465 e. The van der Waals surface area contributed by atoms with Crippen molar-refractivity contribution in [2.24, 2.45) is 0 Å². The molecule has 1 N–H and O–H groups in total. The van der Waals surface area contributed by atoms with Gasteiger partial charge in [-0.2, -0.15) is 4.31 Å². The van der Waals surface area contributed by atoms with E-state index in [-0.39, 0.29) is 16.5 Å². The standard InChI is InChI=1S/C13H18N2O4S/c1-3-15(10-8-14-9-10)20(17,18)12-7-5-4-6-11(12)13(16)19-2/h4-7,10,14H,3,8-9H2,1-2H3. The van der Waals surface area contributed by atoms with Crippen molar-refractivity contribution in [3.63, 3.8) is 0 Å². The molecule has 0 bridgehead atoms. The van der Waals surface area contributed by atoms with Crippen LogP contribution in [0.5, 0.6) is 0 Å². The highest BCUT2D eigenvalue weighted by Crippen LogP contribution is 2.23. The van der Waals surface area contributed by atoms with Gasteiger partial charge in [0.1, 0.15) is 0 Å². The number of benzene rings is 1. The summed E-state index contributed by atoms with van der Waals surface area (Å²) in [6.45, 7) is 3.42. The molecule has 2 rings (SSSR count). The number of carbonyl (C=O) groups is 1. The lowest BCUT2D eigenvalue weighted by atomic mass is 10.2. The number of ether oxygens (including phenoxy) is 1. The third-order valence-corrected chi connectivity index (χ3v) is 5.44. The summed E-state index contributed by atoms with van der Waals surface area (Å²) in [5.41, 5.74) is 0.0701. The highest BCUT2D eigenvalue weighted by Gasteiger charge is 2.35. The first-order chi connectivity index (χ1) is 9.52. The number of rotatable bonds is 5. The van der Waals surface area contributed by atoms with Crippen molar-refractivity contribution in [2.75, 3.05) is 26.7 Å². The molecule has 110 valence electrons. The van der Waals surface area contributed by atoms with Crippen LogP contribution in [0, 0.1) is 0 Å². The van der Waals surface area contributed by atoms with Crippen LogP contribution in [0.25, 0.3) is 0 Å². The number of hydrogen-bond donors (Lipinski definition) is 1. The van der Waals surface area contributed by atoms with Gasteiger partial charge in [-0.25, -0.2) is 13.2 Å². The van der Waals surface area contributed by atoms with Crippen molar-refractivity contribution in [1.82, 2.24) is 9.62 Å². The molecule has 20 heavy (non-hydrogen) atoms. The second kappa shape index (κ2) is 5.90. The van der Waals surface area contributed by atoms with Crippen LogP contribution in [0.4, 0.5) is 0 Å². The molecule has 6 nitrogen and oxygen atoms in total. The predicted molar refractivity (Wildman–Crippen MR) is 74.0 cm³/mol. The fraction of sp³-hybridized carbons (Fsp3) is 0.462. The topological polar surface area (TPSA) is 75.7 Å². The first kappa shape index (κ1) is 15.0. The Morgan fingerprint density at radius 3 is 2.55 bits per heavy atom. The molecule has 1 aliphatic heterocycles. The van der Waals surface area contributed by atoms with Gasteiger partial charge in [0.15, 0.2) is 0 Å². The summed E-state index contributed by atoms with van der Waals surface area (Å²) >= 11 is 0. The van der Waals surface area contributed by atoms with Crippen LogP contribution in [0.3, 0.4) is 0 Å². The molecule has 0 atom stereocenters. The zero-order chi connectivity index (χ0) is 14.8. The Hall–Kier alpha value is -1.44. The summed E-state index contributed by atoms with van der Waals surface area (Å²) in [6.07, 6.45) is 0. The first-order valence-corrected chi connectivity index (χ1v) is 7.86. The van der Waals surface area contributed by atoms with E-state index in [2.05, 4.69) is 10.1 Å². The number of nitrogens with one attached hydrogen (secondary N) is 1. The van der Waals surface area contributed by atoms with Crippen molar-refractivity contribution in [1.29, 1.82) is 0 Å². The van der Waals surface area contributed by atoms with Crippen molar-refractivity contribution in [2.45, 2.75) is 17.9 Å². The lowest BCUT2D eigenvalue weighted by Crippen LogP contribution is -2.58. The van der Waals surface area contributed by atoms with Gasteiger partial charge in [0.2, 0.25) is 10.0 Å². The van der Waals surface area contributed by atoms with Crippen molar-refractivity contribution in [3.05, 3.63) is 29.8 Å². The Morgan fingerprint density at radius 1 is 1.40 bits per heavy atom. The maximum absolute atomic E-state index is 12.7. The van der Waals surface area contributed by atoms with Gasteiger partial charge in [0, 0.05) is 25.7 Å². The number of hydrogen-bond acceptors (Lipinski definition) is 5. The molecule has 0 aliphatic carbocycles. The van der Waals surface area contributed by atoms with Crippen LogP contribution >= 0.6 is 0 Å². The van der Waals surface area contributed by atoms with E-state index in [0.29, 0.717) is 19.6 Å². The minimum absolute atomic E-state index is 0.000556. The molecule has 1 saturated heterocycles. The van der Waals surface area contributed by atoms with Gasteiger partial charge in [-0.05, 0) is 12.1 Å². The minimum atomic E-state index is -3.70. The third-order valence-electron chi connectivity index (χ3n) is 3.36. The number of esters is 1. The van der Waals surface area contributed by atoms with Crippen molar-refractivity contribution < 1.29 is 17.9 Å². The highest BCUT2D eigenvalue weighted by molar-refractivity contribution is 7.89. The smallest absolute Gasteiger partial charge is 0.339 e. The lowest BCUT2D eigenvalue weighted by molar-refractivity contribution is 0.0596. The van der Waals surface area contributed by atoms with E-state index < -0.39 is 16.0 Å². The Labute approximate surface area is 118 Å². The zero-order valence-corrected chi connectivity index (χ0v) is 12.3. The summed E-state index contributed by atoms with van der Waals surface area (Å²) in [4.78, 5) is 11.7. The molecule has 1 heterocycles. The average molecular weight is 298 g/mol. The monoisotopic (exact) mass is 298 g/mol. The van der Waals surface area contributed by atoms with Crippen molar-refractivity contribution in [3.8, 4) is 0 Å². The number of nitrogens with zero attached hydrogens (tertiary/aromatic N) is 1. The van der Waals surface area contributed by atoms with Gasteiger partial charge in [-0.3, -0.25) is 0 Å². The van der Waals surface area contributed by atoms with Gasteiger partial charge < -0.3 is 10.1 Å². The molecular weight excluding hydrogens is 280 g/mol. The van der Waals surface area contributed by atoms with Gasteiger partial charge in [0.25, 0.3) is 0 Å². The first-order valence-electron chi connectivity index (χ1n) is 6.42. The number of sulfonamides is 1. The van der Waals surface area contributed by atoms with E-state index in [0.717, 1.165) is 0 Å². The number of methoxy groups -OCH3 is 1. The van der Waals surface area contributed by atoms with Gasteiger partial charge in [-0.15, -0.1) is 0 Å². The molecule has 1 aromatic carbocycles. The predicted octanol–water partition coefficient (Wildman–Crippen LogP) is 0.456. The Kier molecular flexibility index (Phi) is 4.42. The van der Waals surface area contributed by atoms with Crippen LogP contribution in [-0.2, 0) is 14.8 Å². The molecule has 1 fully saturated rings. The van der Waals surface area contributed by atoms with Gasteiger partial charge in [-0.1, -0.05) is 19.1 Å². The van der Waals surface area contributed by atoms with Crippen molar-refractivity contribution >= 4 is 16.0 Å². The lowest BCUT2D eigenvalue weighted by Gasteiger charge is -2.36. The molecule has 0 unspecified atom stereocenters. The zero-order valence-electron chi connectivity index (χ0n) is 11.5. The van der Waals surface area contributed by atoms with Crippen LogP contribution in [-0.4, -0.2) is 51.5 Å². The van der Waals surface area contributed by atoms with Crippen LogP contribution in [0.15, 0.2) is 29.2 Å². The van der Waals surface area contributed by atoms with E-state index in [9.17, 15) is 13.2 Å². The Morgan fingerprint density at radius 2 is 2.05 bits per heavy atom. The Balaban J connectivity index is 2.45. The van der Waals surface area contributed by atoms with Crippen LogP contribution < -0.4 is 5.32 Å². The summed E-state index contributed by atoms with van der Waals surface area (Å²) in [7, 11) is -2.47. The van der Waals surface area contributed by atoms with E-state index >= 15 is 0 Å². The third kappa shape index (κ3) is 2.56. The van der Waals surface area contributed by atoms with Crippen LogP contribution in [0.2, 0.25) is 0 Å². The molecule has 0 radical (unpaired) electrons. The van der Waals surface area contributed by atoms with E-state index in [4.69, 9.17) is 0 Å². The SMILES string of the molecule is CCN(C1CNC1)S(=O)(=O)c1ccccc1C(=O)OC. The average Bonchev–Trinajstić information content (AvgIpc) is 2.41. The van der Waals surface area contributed by atoms with E-state index in [1.807, 2.05) is 0 Å². The fourth-order valence-electron chi connectivity index (χ4n) is 2.20. The molecule has 0 spiro atoms. The summed E-state index contributed by atoms with van der Waals surface area (Å²) in [6, 6.07) is 6.07. The van der Waals surface area contributed by atoms with E-state index in [1.54, 1.807) is 19.1 Å². The second-order valence-corrected chi connectivity index (χ2v) is 6.37. The molecule has 1 aromatic rings. The quantitative estimate of drug-likeness (QED) is 0.799. The molecule has 7 heteroatoms. The summed E-state index contributed by atoms with van der Waals surface area (Å²) in [5, 5.41) is 3.05. The van der Waals surface area contributed by atoms with Gasteiger partial charge in [0.05, 0.1) is 17.6 Å². The number of likely N-dealkylation sites (N-methyl/N-ethyl adjacent to an activating group) is 1. The molecule has 0 aromatic heterocycles. The van der Waals surface area contributed by atoms with Crippen LogP contribution in [0.1, 0.15) is 17.3 Å². The number of carbonyl (C=O) groups excluding carboxylic acids is 1.